The van der Waals surface area contributed by atoms with E-state index < -0.39 is 6.04 Å². The van der Waals surface area contributed by atoms with Crippen molar-refractivity contribution >= 4 is 29.0 Å². The summed E-state index contributed by atoms with van der Waals surface area (Å²) in [5, 5.41) is 6.21. The highest BCUT2D eigenvalue weighted by atomic mass is 16.5. The van der Waals surface area contributed by atoms with E-state index in [2.05, 4.69) is 15.6 Å². The number of amides is 2. The lowest BCUT2D eigenvalue weighted by Crippen LogP contribution is -2.45. The van der Waals surface area contributed by atoms with Crippen LogP contribution in [-0.4, -0.2) is 49.4 Å². The third-order valence-corrected chi connectivity index (χ3v) is 5.83. The van der Waals surface area contributed by atoms with Crippen molar-refractivity contribution in [2.75, 3.05) is 26.1 Å². The zero-order valence-corrected chi connectivity index (χ0v) is 18.4. The van der Waals surface area contributed by atoms with Crippen molar-refractivity contribution in [1.82, 2.24) is 15.2 Å². The number of benzene rings is 2. The lowest BCUT2D eigenvalue weighted by Gasteiger charge is -2.24. The fraction of sp³-hybridized carbons (Fsp3) is 0.375. The number of anilines is 1. The Morgan fingerprint density at radius 1 is 1.16 bits per heavy atom. The number of hydrogen-bond donors (Lipinski definition) is 2. The van der Waals surface area contributed by atoms with Gasteiger partial charge in [-0.1, -0.05) is 24.3 Å². The van der Waals surface area contributed by atoms with Crippen molar-refractivity contribution in [3.8, 4) is 11.5 Å². The summed E-state index contributed by atoms with van der Waals surface area (Å²) in [5.41, 5.74) is 2.67. The van der Waals surface area contributed by atoms with Crippen molar-refractivity contribution in [2.45, 2.75) is 38.3 Å². The summed E-state index contributed by atoms with van der Waals surface area (Å²) in [4.78, 5) is 32.0. The van der Waals surface area contributed by atoms with Gasteiger partial charge in [-0.05, 0) is 36.0 Å². The number of hydrogen-bond acceptors (Lipinski definition) is 6. The van der Waals surface area contributed by atoms with Crippen LogP contribution in [0, 0.1) is 0 Å². The molecule has 167 valence electrons. The van der Waals surface area contributed by atoms with Gasteiger partial charge in [-0.25, -0.2) is 5.32 Å². The molecule has 1 saturated heterocycles. The van der Waals surface area contributed by atoms with Crippen LogP contribution < -0.4 is 25.1 Å². The number of likely N-dealkylation sites (tertiary alicyclic amines) is 1. The molecule has 0 bridgehead atoms. The van der Waals surface area contributed by atoms with Crippen molar-refractivity contribution in [3.05, 3.63) is 48.0 Å². The highest BCUT2D eigenvalue weighted by molar-refractivity contribution is 6.04. The van der Waals surface area contributed by atoms with Crippen molar-refractivity contribution < 1.29 is 19.1 Å². The maximum absolute atomic E-state index is 12.9. The summed E-state index contributed by atoms with van der Waals surface area (Å²) in [6, 6.07) is 12.9. The second-order valence-corrected chi connectivity index (χ2v) is 7.82. The van der Waals surface area contributed by atoms with Gasteiger partial charge in [0.1, 0.15) is 6.04 Å². The number of fused-ring (bicyclic) bond motifs is 1. The summed E-state index contributed by atoms with van der Waals surface area (Å²) in [5.74, 6) is 1.82. The molecule has 4 rings (SSSR count). The van der Waals surface area contributed by atoms with Gasteiger partial charge in [0, 0.05) is 25.1 Å². The largest absolute Gasteiger partial charge is 0.493 e. The average molecular weight is 437 g/mol. The molecule has 2 aliphatic heterocycles. The Balaban J connectivity index is 1.32. The van der Waals surface area contributed by atoms with Crippen LogP contribution in [0.15, 0.2) is 42.5 Å². The number of nitrogens with zero attached hydrogens (tertiary/aromatic N) is 2. The predicted molar refractivity (Wildman–Crippen MR) is 122 cm³/mol. The van der Waals surface area contributed by atoms with E-state index in [-0.39, 0.29) is 11.8 Å². The first-order valence-corrected chi connectivity index (χ1v) is 10.8. The van der Waals surface area contributed by atoms with E-state index in [1.165, 1.54) is 0 Å². The molecule has 0 aliphatic carbocycles. The van der Waals surface area contributed by atoms with Crippen LogP contribution in [0.3, 0.4) is 0 Å². The molecule has 32 heavy (non-hydrogen) atoms. The maximum atomic E-state index is 12.9. The monoisotopic (exact) mass is 436 g/mol. The molecule has 2 aromatic carbocycles. The van der Waals surface area contributed by atoms with Gasteiger partial charge in [-0.2, -0.15) is 0 Å². The van der Waals surface area contributed by atoms with Crippen LogP contribution >= 0.6 is 0 Å². The second-order valence-electron chi connectivity index (χ2n) is 7.82. The van der Waals surface area contributed by atoms with Gasteiger partial charge in [0.25, 0.3) is 5.84 Å². The van der Waals surface area contributed by atoms with E-state index in [1.807, 2.05) is 42.5 Å². The molecule has 0 aromatic heterocycles. The summed E-state index contributed by atoms with van der Waals surface area (Å²) in [6.45, 7) is 0.899. The Morgan fingerprint density at radius 2 is 2.00 bits per heavy atom. The van der Waals surface area contributed by atoms with Gasteiger partial charge in [0.15, 0.2) is 17.2 Å². The van der Waals surface area contributed by atoms with Gasteiger partial charge >= 0.3 is 0 Å². The first-order chi connectivity index (χ1) is 15.6. The van der Waals surface area contributed by atoms with Crippen molar-refractivity contribution in [3.63, 3.8) is 0 Å². The van der Waals surface area contributed by atoms with Gasteiger partial charge < -0.3 is 19.7 Å². The standard InChI is InChI=1S/C24H28N4O4/c1-31-20-11-5-7-16(23(20)32-2)15-25-24(30)19-10-6-14-28(19)22(29)13-12-21-26-17-8-3-4-9-18(17)27-21/h3-5,7-9,11,19,26H,6,10,12-15H2,1-2H3,(H,25,30)/q+1/t19-/m0/s1. The van der Waals surface area contributed by atoms with E-state index in [1.54, 1.807) is 19.1 Å². The highest BCUT2D eigenvalue weighted by Gasteiger charge is 2.34. The Hall–Kier alpha value is -3.55. The molecule has 0 spiro atoms. The van der Waals surface area contributed by atoms with Crippen LogP contribution in [0.4, 0.5) is 11.4 Å². The predicted octanol–water partition coefficient (Wildman–Crippen LogP) is 2.58. The smallest absolute Gasteiger partial charge is 0.298 e. The van der Waals surface area contributed by atoms with Crippen LogP contribution in [0.1, 0.15) is 31.2 Å². The van der Waals surface area contributed by atoms with Gasteiger partial charge in [0.2, 0.25) is 17.5 Å². The molecule has 2 aromatic rings. The number of nitrogens with one attached hydrogen (secondary N) is 2. The zero-order valence-electron chi connectivity index (χ0n) is 18.4. The summed E-state index contributed by atoms with van der Waals surface area (Å²) in [6.07, 6.45) is 2.31. The van der Waals surface area contributed by atoms with Gasteiger partial charge in [-0.15, -0.1) is 0 Å². The Labute approximate surface area is 187 Å². The minimum Gasteiger partial charge on any atom is -0.493 e. The molecular weight excluding hydrogens is 408 g/mol. The lowest BCUT2D eigenvalue weighted by atomic mass is 10.1. The molecule has 2 aliphatic rings. The first-order valence-electron chi connectivity index (χ1n) is 10.8. The first kappa shape index (κ1) is 21.7. The summed E-state index contributed by atoms with van der Waals surface area (Å²) >= 11 is 0. The van der Waals surface area contributed by atoms with Crippen LogP contribution in [-0.2, 0) is 16.1 Å². The molecule has 8 nitrogen and oxygen atoms in total. The Bertz CT molecular complexity index is 1040. The molecule has 1 atom stereocenters. The molecule has 2 heterocycles. The van der Waals surface area contributed by atoms with Crippen LogP contribution in [0.25, 0.3) is 0 Å². The normalized spacial score (nSPS) is 16.8. The maximum Gasteiger partial charge on any atom is 0.298 e. The third-order valence-electron chi connectivity index (χ3n) is 5.83. The molecule has 1 radical (unpaired) electrons. The van der Waals surface area contributed by atoms with Crippen LogP contribution in [0.2, 0.25) is 0 Å². The molecule has 0 saturated carbocycles. The number of rotatable bonds is 8. The minimum atomic E-state index is -0.449. The fourth-order valence-electron chi connectivity index (χ4n) is 4.22. The van der Waals surface area contributed by atoms with Gasteiger partial charge in [0.05, 0.1) is 20.6 Å². The number of carbonyl (C=O) groups excluding carboxylic acids is 2. The van der Waals surface area contributed by atoms with E-state index in [0.29, 0.717) is 43.9 Å². The third kappa shape index (κ3) is 4.54. The summed E-state index contributed by atoms with van der Waals surface area (Å²) in [7, 11) is 3.15. The van der Waals surface area contributed by atoms with Crippen molar-refractivity contribution in [1.29, 1.82) is 0 Å². The highest BCUT2D eigenvalue weighted by Crippen LogP contribution is 2.30. The van der Waals surface area contributed by atoms with Crippen LogP contribution in [0.5, 0.6) is 11.5 Å². The quantitative estimate of drug-likeness (QED) is 0.663. The SMILES string of the molecule is COc1cccc(CNC(=O)[C@@H]2CCCN2C(=O)CCC2=[N+]c3ccccc3N2)c1OC. The second kappa shape index (κ2) is 9.72. The number of ether oxygens (including phenoxy) is 2. The topological polar surface area (TPSA) is 94.0 Å². The van der Waals surface area contributed by atoms with Crippen molar-refractivity contribution in [2.24, 2.45) is 0 Å². The molecular formula is C24H28N4O4+. The number of methoxy groups -OCH3 is 2. The molecule has 2 amide bonds. The average Bonchev–Trinajstić information content (AvgIpc) is 3.47. The van der Waals surface area contributed by atoms with E-state index in [4.69, 9.17) is 9.47 Å². The Morgan fingerprint density at radius 3 is 2.78 bits per heavy atom. The van der Waals surface area contributed by atoms with E-state index in [0.717, 1.165) is 29.2 Å². The summed E-state index contributed by atoms with van der Waals surface area (Å²) < 4.78 is 10.7. The van der Waals surface area contributed by atoms with E-state index >= 15 is 0 Å². The fourth-order valence-corrected chi connectivity index (χ4v) is 4.22. The number of para-hydroxylation sites is 3. The zero-order chi connectivity index (χ0) is 22.5. The minimum absolute atomic E-state index is 0.0259. The van der Waals surface area contributed by atoms with Gasteiger partial charge in [-0.3, -0.25) is 9.59 Å². The molecule has 8 heteroatoms. The number of aliphatic imine (C=N–C) groups is 1. The number of amidine groups is 1. The number of carbonyl (C=O) groups is 2. The lowest BCUT2D eigenvalue weighted by molar-refractivity contribution is -0.138. The Kier molecular flexibility index (Phi) is 6.58. The molecule has 1 fully saturated rings. The van der Waals surface area contributed by atoms with E-state index in [9.17, 15) is 9.59 Å². The molecule has 0 unspecified atom stereocenters. The molecule has 2 N–H and O–H groups in total.